The molecule has 1 N–H and O–H groups in total. The lowest BCUT2D eigenvalue weighted by molar-refractivity contribution is -0.385. The number of carbonyl (C=O) groups is 1. The summed E-state index contributed by atoms with van der Waals surface area (Å²) in [5.74, 6) is -0.776. The number of carbonyl (C=O) groups excluding carboxylic acids is 1. The van der Waals surface area contributed by atoms with Crippen LogP contribution >= 0.6 is 11.3 Å². The monoisotopic (exact) mass is 357 g/mol. The average Bonchev–Trinajstić information content (AvgIpc) is 3.03. The van der Waals surface area contributed by atoms with Crippen molar-refractivity contribution in [3.8, 4) is 11.3 Å². The minimum Gasteiger partial charge on any atom is -0.302 e. The van der Waals surface area contributed by atoms with Crippen molar-refractivity contribution in [1.82, 2.24) is 4.98 Å². The van der Waals surface area contributed by atoms with Crippen LogP contribution in [0.4, 0.5) is 15.2 Å². The third kappa shape index (κ3) is 4.04. The normalized spacial score (nSPS) is 10.4. The molecule has 0 saturated heterocycles. The fourth-order valence-corrected chi connectivity index (χ4v) is 3.02. The maximum absolute atomic E-state index is 13.3. The van der Waals surface area contributed by atoms with E-state index in [-0.39, 0.29) is 17.9 Å². The van der Waals surface area contributed by atoms with Crippen molar-refractivity contribution in [2.45, 2.75) is 6.42 Å². The van der Waals surface area contributed by atoms with Crippen LogP contribution in [-0.4, -0.2) is 15.8 Å². The molecule has 3 aromatic rings. The number of halogens is 1. The van der Waals surface area contributed by atoms with Crippen LogP contribution in [0.2, 0.25) is 0 Å². The van der Waals surface area contributed by atoms with E-state index in [1.165, 1.54) is 35.6 Å². The number of anilines is 1. The lowest BCUT2D eigenvalue weighted by Crippen LogP contribution is -2.15. The Labute approximate surface area is 146 Å². The summed E-state index contributed by atoms with van der Waals surface area (Å²) in [5, 5.41) is 15.6. The molecule has 0 atom stereocenters. The second-order valence-corrected chi connectivity index (χ2v) is 6.02. The highest BCUT2D eigenvalue weighted by molar-refractivity contribution is 7.14. The maximum Gasteiger partial charge on any atom is 0.273 e. The van der Waals surface area contributed by atoms with Gasteiger partial charge in [-0.15, -0.1) is 11.3 Å². The molecule has 2 aromatic carbocycles. The van der Waals surface area contributed by atoms with Crippen molar-refractivity contribution in [3.63, 3.8) is 0 Å². The van der Waals surface area contributed by atoms with E-state index >= 15 is 0 Å². The van der Waals surface area contributed by atoms with Gasteiger partial charge in [0.05, 0.1) is 17.0 Å². The number of nitrogens with one attached hydrogen (secondary N) is 1. The van der Waals surface area contributed by atoms with Crippen molar-refractivity contribution >= 4 is 28.1 Å². The largest absolute Gasteiger partial charge is 0.302 e. The molecule has 1 amide bonds. The van der Waals surface area contributed by atoms with Gasteiger partial charge in [0.2, 0.25) is 5.91 Å². The van der Waals surface area contributed by atoms with Crippen LogP contribution in [0.3, 0.4) is 0 Å². The van der Waals surface area contributed by atoms with Gasteiger partial charge in [0.15, 0.2) is 5.13 Å². The summed E-state index contributed by atoms with van der Waals surface area (Å²) in [6.45, 7) is 0. The zero-order valence-corrected chi connectivity index (χ0v) is 13.6. The van der Waals surface area contributed by atoms with Crippen LogP contribution in [0.1, 0.15) is 5.56 Å². The lowest BCUT2D eigenvalue weighted by atomic mass is 10.1. The van der Waals surface area contributed by atoms with Crippen LogP contribution in [-0.2, 0) is 11.2 Å². The Hall–Kier alpha value is -3.13. The van der Waals surface area contributed by atoms with Crippen molar-refractivity contribution in [1.29, 1.82) is 0 Å². The highest BCUT2D eigenvalue weighted by Gasteiger charge is 2.16. The minimum absolute atomic E-state index is 0.0998. The number of nitro benzene ring substituents is 1. The van der Waals surface area contributed by atoms with Gasteiger partial charge >= 0.3 is 0 Å². The molecule has 0 aliphatic rings. The molecule has 3 rings (SSSR count). The smallest absolute Gasteiger partial charge is 0.273 e. The number of thiazole rings is 1. The standard InChI is InChI=1S/C17H12FN3O3S/c18-13-6-3-5-11(8-13)14-10-25-17(19-14)20-16(22)9-12-4-1-2-7-15(12)21(23)24/h1-8,10H,9H2,(H,19,20,22). The van der Waals surface area contributed by atoms with E-state index in [9.17, 15) is 19.3 Å². The second kappa shape index (κ2) is 7.18. The molecular weight excluding hydrogens is 345 g/mol. The topological polar surface area (TPSA) is 85.1 Å². The molecule has 25 heavy (non-hydrogen) atoms. The molecule has 8 heteroatoms. The van der Waals surface area contributed by atoms with Gasteiger partial charge < -0.3 is 5.32 Å². The first-order valence-electron chi connectivity index (χ1n) is 7.26. The van der Waals surface area contributed by atoms with Crippen LogP contribution in [0.25, 0.3) is 11.3 Å². The van der Waals surface area contributed by atoms with E-state index in [4.69, 9.17) is 0 Å². The molecule has 1 aromatic heterocycles. The third-order valence-electron chi connectivity index (χ3n) is 3.41. The lowest BCUT2D eigenvalue weighted by Gasteiger charge is -2.03. The van der Waals surface area contributed by atoms with Crippen molar-refractivity contribution < 1.29 is 14.1 Å². The summed E-state index contributed by atoms with van der Waals surface area (Å²) < 4.78 is 13.3. The fourth-order valence-electron chi connectivity index (χ4n) is 2.29. The first kappa shape index (κ1) is 16.7. The van der Waals surface area contributed by atoms with E-state index in [2.05, 4.69) is 10.3 Å². The van der Waals surface area contributed by atoms with E-state index in [1.54, 1.807) is 29.6 Å². The Morgan fingerprint density at radius 1 is 1.24 bits per heavy atom. The molecule has 1 heterocycles. The number of amides is 1. The zero-order valence-electron chi connectivity index (χ0n) is 12.8. The summed E-state index contributed by atoms with van der Waals surface area (Å²) in [7, 11) is 0. The molecule has 0 radical (unpaired) electrons. The van der Waals surface area contributed by atoms with E-state index in [1.807, 2.05) is 0 Å². The summed E-state index contributed by atoms with van der Waals surface area (Å²) in [6, 6.07) is 12.1. The molecule has 6 nitrogen and oxygen atoms in total. The van der Waals surface area contributed by atoms with Gasteiger partial charge in [-0.25, -0.2) is 9.37 Å². The van der Waals surface area contributed by atoms with Gasteiger partial charge in [-0.3, -0.25) is 14.9 Å². The highest BCUT2D eigenvalue weighted by atomic mass is 32.1. The van der Waals surface area contributed by atoms with Gasteiger partial charge in [0.1, 0.15) is 5.82 Å². The Morgan fingerprint density at radius 3 is 2.80 bits per heavy atom. The number of aromatic nitrogens is 1. The molecule has 0 aliphatic heterocycles. The summed E-state index contributed by atoms with van der Waals surface area (Å²) in [5.41, 5.74) is 1.38. The van der Waals surface area contributed by atoms with Crippen molar-refractivity contribution in [3.05, 3.63) is 75.4 Å². The highest BCUT2D eigenvalue weighted by Crippen LogP contribution is 2.26. The molecule has 0 unspecified atom stereocenters. The number of hydrogen-bond donors (Lipinski definition) is 1. The quantitative estimate of drug-likeness (QED) is 0.552. The number of benzene rings is 2. The molecule has 126 valence electrons. The molecule has 0 saturated carbocycles. The van der Waals surface area contributed by atoms with Gasteiger partial charge in [-0.1, -0.05) is 30.3 Å². The molecule has 0 spiro atoms. The van der Waals surface area contributed by atoms with E-state index < -0.39 is 10.8 Å². The Balaban J connectivity index is 1.71. The number of nitro groups is 1. The van der Waals surface area contributed by atoms with E-state index in [0.717, 1.165) is 0 Å². The number of nitrogens with zero attached hydrogens (tertiary/aromatic N) is 2. The number of hydrogen-bond acceptors (Lipinski definition) is 5. The van der Waals surface area contributed by atoms with Gasteiger partial charge in [-0.2, -0.15) is 0 Å². The average molecular weight is 357 g/mol. The second-order valence-electron chi connectivity index (χ2n) is 5.16. The molecule has 0 fully saturated rings. The number of rotatable bonds is 5. The fraction of sp³-hybridized carbons (Fsp3) is 0.0588. The predicted molar refractivity (Wildman–Crippen MR) is 92.9 cm³/mol. The first-order valence-corrected chi connectivity index (χ1v) is 8.14. The maximum atomic E-state index is 13.3. The Kier molecular flexibility index (Phi) is 4.80. The summed E-state index contributed by atoms with van der Waals surface area (Å²) in [4.78, 5) is 26.8. The Bertz CT molecular complexity index is 942. The predicted octanol–water partition coefficient (Wildman–Crippen LogP) is 4.04. The van der Waals surface area contributed by atoms with Crippen molar-refractivity contribution in [2.75, 3.05) is 5.32 Å². The summed E-state index contributed by atoms with van der Waals surface area (Å²) >= 11 is 1.20. The molecule has 0 aliphatic carbocycles. The van der Waals surface area contributed by atoms with E-state index in [0.29, 0.717) is 22.0 Å². The van der Waals surface area contributed by atoms with Gasteiger partial charge in [0.25, 0.3) is 5.69 Å². The van der Waals surface area contributed by atoms with Crippen LogP contribution in [0.15, 0.2) is 53.9 Å². The van der Waals surface area contributed by atoms with Crippen LogP contribution in [0.5, 0.6) is 0 Å². The van der Waals surface area contributed by atoms with Crippen molar-refractivity contribution in [2.24, 2.45) is 0 Å². The van der Waals surface area contributed by atoms with Crippen LogP contribution < -0.4 is 5.32 Å². The SMILES string of the molecule is O=C(Cc1ccccc1[N+](=O)[O-])Nc1nc(-c2cccc(F)c2)cs1. The summed E-state index contributed by atoms with van der Waals surface area (Å²) in [6.07, 6.45) is -0.133. The molecular formula is C17H12FN3O3S. The molecule has 0 bridgehead atoms. The zero-order chi connectivity index (χ0) is 17.8. The van der Waals surface area contributed by atoms with Gasteiger partial charge in [0, 0.05) is 22.6 Å². The van der Waals surface area contributed by atoms with Crippen LogP contribution in [0, 0.1) is 15.9 Å². The first-order chi connectivity index (χ1) is 12.0. The Morgan fingerprint density at radius 2 is 2.04 bits per heavy atom. The number of para-hydroxylation sites is 1. The van der Waals surface area contributed by atoms with Gasteiger partial charge in [-0.05, 0) is 12.1 Å². The minimum atomic E-state index is -0.520. The third-order valence-corrected chi connectivity index (χ3v) is 4.17.